The average Bonchev–Trinajstić information content (AvgIpc) is 2.67. The molecule has 0 amide bonds. The summed E-state index contributed by atoms with van der Waals surface area (Å²) in [7, 11) is 1.90. The van der Waals surface area contributed by atoms with Gasteiger partial charge in [-0.3, -0.25) is 0 Å². The van der Waals surface area contributed by atoms with E-state index in [1.165, 1.54) is 12.1 Å². The van der Waals surface area contributed by atoms with Crippen molar-refractivity contribution in [3.8, 4) is 18.2 Å². The fourth-order valence-electron chi connectivity index (χ4n) is 4.34. The summed E-state index contributed by atoms with van der Waals surface area (Å²) in [6.45, 7) is 1.07. The highest BCUT2D eigenvalue weighted by Gasteiger charge is 2.58. The third-order valence-corrected chi connectivity index (χ3v) is 5.65. The average molecular weight is 384 g/mol. The molecule has 5 nitrogen and oxygen atoms in total. The smallest absolute Gasteiger partial charge is 0.334 e. The summed E-state index contributed by atoms with van der Waals surface area (Å²) >= 11 is 0. The highest BCUT2D eigenvalue weighted by atomic mass is 19.4. The van der Waals surface area contributed by atoms with E-state index in [1.807, 2.05) is 31.3 Å². The lowest BCUT2D eigenvalue weighted by molar-refractivity contribution is -0.878. The maximum Gasteiger partial charge on any atom is 0.416 e. The zero-order chi connectivity index (χ0) is 20.7. The van der Waals surface area contributed by atoms with Crippen LogP contribution in [0.5, 0.6) is 0 Å². The van der Waals surface area contributed by atoms with Crippen molar-refractivity contribution in [1.29, 1.82) is 21.2 Å². The summed E-state index contributed by atoms with van der Waals surface area (Å²) in [6.07, 6.45) is -2.74. The fraction of sp³-hybridized carbons (Fsp3) is 0.400. The van der Waals surface area contributed by atoms with Gasteiger partial charge >= 0.3 is 6.18 Å². The number of benzene rings is 1. The molecule has 0 bridgehead atoms. The molecule has 1 saturated carbocycles. The van der Waals surface area contributed by atoms with E-state index in [4.69, 9.17) is 5.41 Å². The van der Waals surface area contributed by atoms with Gasteiger partial charge in [0, 0.05) is 11.8 Å². The third-order valence-electron chi connectivity index (χ3n) is 5.65. The van der Waals surface area contributed by atoms with Crippen LogP contribution in [0, 0.1) is 56.7 Å². The van der Waals surface area contributed by atoms with Crippen LogP contribution in [-0.4, -0.2) is 25.8 Å². The Morgan fingerprint density at radius 2 is 1.89 bits per heavy atom. The van der Waals surface area contributed by atoms with Gasteiger partial charge in [0.25, 0.3) is 0 Å². The SMILES string of the molecule is C[NH+]1CC=C2C(C#N)C(=N)C(C#N)(C#N)[C@@H](c3cccc(C(F)(F)F)c3)[C@@H]2C1. The molecular weight excluding hydrogens is 367 g/mol. The van der Waals surface area contributed by atoms with Crippen LogP contribution in [-0.2, 0) is 6.18 Å². The number of nitriles is 3. The highest BCUT2D eigenvalue weighted by molar-refractivity contribution is 6.00. The van der Waals surface area contributed by atoms with Crippen LogP contribution in [0.3, 0.4) is 0 Å². The molecule has 8 heteroatoms. The first-order valence-corrected chi connectivity index (χ1v) is 8.69. The predicted molar refractivity (Wildman–Crippen MR) is 92.9 cm³/mol. The molecule has 2 unspecified atom stereocenters. The number of halogens is 3. The summed E-state index contributed by atoms with van der Waals surface area (Å²) in [5, 5.41) is 37.8. The summed E-state index contributed by atoms with van der Waals surface area (Å²) in [5.74, 6) is -2.45. The van der Waals surface area contributed by atoms with Gasteiger partial charge in [0.1, 0.15) is 5.92 Å². The number of quaternary nitrogens is 1. The van der Waals surface area contributed by atoms with E-state index < -0.39 is 34.9 Å². The molecule has 1 aliphatic heterocycles. The van der Waals surface area contributed by atoms with Crippen LogP contribution >= 0.6 is 0 Å². The van der Waals surface area contributed by atoms with Crippen molar-refractivity contribution in [3.63, 3.8) is 0 Å². The van der Waals surface area contributed by atoms with Gasteiger partial charge in [-0.2, -0.15) is 29.0 Å². The summed E-state index contributed by atoms with van der Waals surface area (Å²) in [5.41, 5.74) is -2.41. The molecule has 2 N–H and O–H groups in total. The quantitative estimate of drug-likeness (QED) is 0.725. The Bertz CT molecular complexity index is 959. The normalized spacial score (nSPS) is 28.9. The van der Waals surface area contributed by atoms with Gasteiger partial charge in [0.2, 0.25) is 0 Å². The Labute approximate surface area is 160 Å². The molecule has 0 radical (unpaired) electrons. The highest BCUT2D eigenvalue weighted by Crippen LogP contribution is 2.52. The van der Waals surface area contributed by atoms with Gasteiger partial charge in [-0.15, -0.1) is 0 Å². The molecule has 142 valence electrons. The lowest BCUT2D eigenvalue weighted by Crippen LogP contribution is -3.10. The van der Waals surface area contributed by atoms with E-state index >= 15 is 0 Å². The number of hydrogen-bond donors (Lipinski definition) is 2. The molecule has 4 atom stereocenters. The second-order valence-electron chi connectivity index (χ2n) is 7.28. The second-order valence-corrected chi connectivity index (χ2v) is 7.28. The third kappa shape index (κ3) is 2.85. The van der Waals surface area contributed by atoms with Crippen LogP contribution in [0.25, 0.3) is 0 Å². The predicted octanol–water partition coefficient (Wildman–Crippen LogP) is 2.07. The number of likely N-dealkylation sites (N-methyl/N-ethyl adjacent to an activating group) is 1. The molecule has 0 saturated heterocycles. The van der Waals surface area contributed by atoms with Crippen molar-refractivity contribution in [1.82, 2.24) is 0 Å². The molecule has 0 spiro atoms. The summed E-state index contributed by atoms with van der Waals surface area (Å²) in [4.78, 5) is 1.06. The molecule has 3 rings (SSSR count). The zero-order valence-corrected chi connectivity index (χ0v) is 15.0. The lowest BCUT2D eigenvalue weighted by Gasteiger charge is -2.46. The van der Waals surface area contributed by atoms with Crippen molar-refractivity contribution in [2.45, 2.75) is 12.1 Å². The van der Waals surface area contributed by atoms with Gasteiger partial charge in [-0.25, -0.2) is 0 Å². The minimum atomic E-state index is -4.57. The number of rotatable bonds is 1. The summed E-state index contributed by atoms with van der Waals surface area (Å²) < 4.78 is 39.7. The molecule has 2 aliphatic rings. The molecule has 1 heterocycles. The number of alkyl halides is 3. The maximum atomic E-state index is 13.2. The molecular formula is C20H17F3N5+. The van der Waals surface area contributed by atoms with Gasteiger partial charge in [-0.05, 0) is 23.3 Å². The largest absolute Gasteiger partial charge is 0.416 e. The van der Waals surface area contributed by atoms with E-state index in [-0.39, 0.29) is 11.3 Å². The van der Waals surface area contributed by atoms with Gasteiger partial charge in [-0.1, -0.05) is 18.2 Å². The number of hydrogen-bond acceptors (Lipinski definition) is 4. The Morgan fingerprint density at radius 3 is 2.46 bits per heavy atom. The van der Waals surface area contributed by atoms with Crippen molar-refractivity contribution >= 4 is 5.71 Å². The van der Waals surface area contributed by atoms with E-state index in [0.717, 1.165) is 17.0 Å². The zero-order valence-electron chi connectivity index (χ0n) is 15.0. The van der Waals surface area contributed by atoms with Gasteiger partial charge < -0.3 is 10.3 Å². The van der Waals surface area contributed by atoms with Crippen molar-refractivity contribution < 1.29 is 18.1 Å². The standard InChI is InChI=1S/C20H16F3N5/c1-28-6-5-14-15(8-24)18(27)19(10-25,11-26)17(16(14)9-28)12-3-2-4-13(7-12)20(21,22)23/h2-5,7,15-17,27H,6,9H2,1H3/p+1/t15?,16-,17+/m1/s1. The first kappa shape index (κ1) is 19.6. The van der Waals surface area contributed by atoms with Crippen molar-refractivity contribution in [2.24, 2.45) is 17.3 Å². The maximum absolute atomic E-state index is 13.2. The Hall–Kier alpha value is -3.15. The van der Waals surface area contributed by atoms with E-state index in [2.05, 4.69) is 0 Å². The van der Waals surface area contributed by atoms with Crippen molar-refractivity contribution in [2.75, 3.05) is 20.1 Å². The van der Waals surface area contributed by atoms with E-state index in [0.29, 0.717) is 18.7 Å². The molecule has 1 aliphatic carbocycles. The molecule has 1 aromatic carbocycles. The topological polar surface area (TPSA) is 99.7 Å². The minimum absolute atomic E-state index is 0.185. The second kappa shape index (κ2) is 6.78. The monoisotopic (exact) mass is 384 g/mol. The van der Waals surface area contributed by atoms with Crippen LogP contribution in [0.1, 0.15) is 17.0 Å². The fourth-order valence-corrected chi connectivity index (χ4v) is 4.34. The number of nitrogens with one attached hydrogen (secondary N) is 2. The molecule has 1 aromatic rings. The number of fused-ring (bicyclic) bond motifs is 1. The molecule has 0 aromatic heterocycles. The molecule has 28 heavy (non-hydrogen) atoms. The Kier molecular flexibility index (Phi) is 4.75. The first-order valence-electron chi connectivity index (χ1n) is 8.69. The van der Waals surface area contributed by atoms with Crippen LogP contribution in [0.15, 0.2) is 35.9 Å². The van der Waals surface area contributed by atoms with E-state index in [9.17, 15) is 29.0 Å². The Balaban J connectivity index is 2.27. The number of nitrogens with zero attached hydrogens (tertiary/aromatic N) is 3. The van der Waals surface area contributed by atoms with Gasteiger partial charge in [0.15, 0.2) is 5.41 Å². The minimum Gasteiger partial charge on any atom is -0.334 e. The van der Waals surface area contributed by atoms with Crippen LogP contribution in [0.4, 0.5) is 13.2 Å². The lowest BCUT2D eigenvalue weighted by atomic mass is 9.54. The van der Waals surface area contributed by atoms with Crippen molar-refractivity contribution in [3.05, 3.63) is 47.0 Å². The van der Waals surface area contributed by atoms with Crippen LogP contribution < -0.4 is 4.90 Å². The summed E-state index contributed by atoms with van der Waals surface area (Å²) in [6, 6.07) is 10.4. The molecule has 1 fully saturated rings. The van der Waals surface area contributed by atoms with Crippen LogP contribution in [0.2, 0.25) is 0 Å². The first-order chi connectivity index (χ1) is 13.2. The Morgan fingerprint density at radius 1 is 1.21 bits per heavy atom. The van der Waals surface area contributed by atoms with Gasteiger partial charge in [0.05, 0.1) is 49.6 Å². The van der Waals surface area contributed by atoms with E-state index in [1.54, 1.807) is 0 Å².